The maximum absolute atomic E-state index is 13.9. The molecule has 1 fully saturated rings. The van der Waals surface area contributed by atoms with Crippen LogP contribution in [0.2, 0.25) is 0 Å². The lowest BCUT2D eigenvalue weighted by Crippen LogP contribution is -2.32. The van der Waals surface area contributed by atoms with E-state index in [1.165, 1.54) is 18.9 Å². The predicted molar refractivity (Wildman–Crippen MR) is 83.1 cm³/mol. The zero-order valence-electron chi connectivity index (χ0n) is 13.3. The van der Waals surface area contributed by atoms with Gasteiger partial charge < -0.3 is 10.0 Å². The number of halogens is 1. The van der Waals surface area contributed by atoms with Crippen molar-refractivity contribution in [2.75, 3.05) is 6.54 Å². The molecule has 2 aliphatic rings. The summed E-state index contributed by atoms with van der Waals surface area (Å²) in [6.07, 6.45) is 4.76. The minimum absolute atomic E-state index is 0.0656. The van der Waals surface area contributed by atoms with Crippen LogP contribution in [0.3, 0.4) is 0 Å². The average Bonchev–Trinajstić information content (AvgIpc) is 2.81. The van der Waals surface area contributed by atoms with Crippen molar-refractivity contribution < 1.29 is 14.3 Å². The molecule has 1 aromatic rings. The number of hydrogen-bond acceptors (Lipinski definition) is 2. The number of rotatable bonds is 3. The van der Waals surface area contributed by atoms with Crippen molar-refractivity contribution >= 4 is 5.91 Å². The molecule has 1 heterocycles. The highest BCUT2D eigenvalue weighted by Gasteiger charge is 2.34. The van der Waals surface area contributed by atoms with Crippen LogP contribution in [-0.4, -0.2) is 22.5 Å². The number of carbonyl (C=O) groups is 1. The molecule has 1 amide bonds. The van der Waals surface area contributed by atoms with Crippen LogP contribution in [0.1, 0.15) is 55.5 Å². The third-order valence-corrected chi connectivity index (χ3v) is 5.38. The first-order valence-electron chi connectivity index (χ1n) is 8.27. The zero-order chi connectivity index (χ0) is 15.9. The molecule has 22 heavy (non-hydrogen) atoms. The van der Waals surface area contributed by atoms with Crippen molar-refractivity contribution in [2.45, 2.75) is 46.1 Å². The van der Waals surface area contributed by atoms with Gasteiger partial charge in [-0.05, 0) is 55.1 Å². The van der Waals surface area contributed by atoms with E-state index in [1.807, 2.05) is 0 Å². The average molecular weight is 305 g/mol. The highest BCUT2D eigenvalue weighted by atomic mass is 19.1. The van der Waals surface area contributed by atoms with E-state index in [9.17, 15) is 14.3 Å². The summed E-state index contributed by atoms with van der Waals surface area (Å²) in [6, 6.07) is 2.99. The first-order valence-corrected chi connectivity index (χ1v) is 8.27. The smallest absolute Gasteiger partial charge is 0.257 e. The van der Waals surface area contributed by atoms with Gasteiger partial charge in [0.05, 0.1) is 5.56 Å². The summed E-state index contributed by atoms with van der Waals surface area (Å²) < 4.78 is 13.9. The predicted octanol–water partition coefficient (Wildman–Crippen LogP) is 3.95. The highest BCUT2D eigenvalue weighted by Crippen LogP contribution is 2.36. The molecule has 0 atom stereocenters. The molecule has 3 rings (SSSR count). The maximum Gasteiger partial charge on any atom is 0.257 e. The summed E-state index contributed by atoms with van der Waals surface area (Å²) in [5.74, 6) is 0.576. The molecular weight excluding hydrogens is 281 g/mol. The van der Waals surface area contributed by atoms with Gasteiger partial charge in [0, 0.05) is 13.1 Å². The Morgan fingerprint density at radius 2 is 1.95 bits per heavy atom. The van der Waals surface area contributed by atoms with Gasteiger partial charge >= 0.3 is 0 Å². The molecule has 0 saturated heterocycles. The summed E-state index contributed by atoms with van der Waals surface area (Å²) in [5, 5.41) is 9.44. The number of amides is 1. The lowest BCUT2D eigenvalue weighted by Gasteiger charge is -2.33. The van der Waals surface area contributed by atoms with Crippen molar-refractivity contribution in [3.63, 3.8) is 0 Å². The molecule has 1 aliphatic carbocycles. The second-order valence-electron chi connectivity index (χ2n) is 7.14. The molecular formula is C18H24FNO2. The number of carbonyl (C=O) groups excluding carboxylic acids is 1. The fourth-order valence-corrected chi connectivity index (χ4v) is 3.90. The number of aromatic hydroxyl groups is 1. The second kappa shape index (κ2) is 5.90. The lowest BCUT2D eigenvalue weighted by molar-refractivity contribution is 0.0719. The Labute approximate surface area is 131 Å². The summed E-state index contributed by atoms with van der Waals surface area (Å²) in [7, 11) is 0. The molecule has 3 nitrogen and oxygen atoms in total. The lowest BCUT2D eigenvalue weighted by atomic mass is 9.77. The number of benzene rings is 1. The van der Waals surface area contributed by atoms with Gasteiger partial charge in [-0.15, -0.1) is 0 Å². The van der Waals surface area contributed by atoms with E-state index in [-0.39, 0.29) is 11.5 Å². The molecule has 1 aliphatic heterocycles. The molecule has 0 unspecified atom stereocenters. The molecule has 1 N–H and O–H groups in total. The van der Waals surface area contributed by atoms with Gasteiger partial charge in [-0.2, -0.15) is 0 Å². The van der Waals surface area contributed by atoms with E-state index in [2.05, 4.69) is 13.8 Å². The zero-order valence-corrected chi connectivity index (χ0v) is 13.3. The molecule has 0 bridgehead atoms. The quantitative estimate of drug-likeness (QED) is 0.918. The van der Waals surface area contributed by atoms with Crippen LogP contribution in [-0.2, 0) is 6.54 Å². The minimum atomic E-state index is -0.770. The van der Waals surface area contributed by atoms with Crippen molar-refractivity contribution in [2.24, 2.45) is 17.8 Å². The van der Waals surface area contributed by atoms with Gasteiger partial charge in [0.25, 0.3) is 5.91 Å². The first kappa shape index (κ1) is 15.3. The molecule has 0 aromatic heterocycles. The van der Waals surface area contributed by atoms with Gasteiger partial charge in [0.2, 0.25) is 0 Å². The van der Waals surface area contributed by atoms with Crippen molar-refractivity contribution in [1.29, 1.82) is 0 Å². The van der Waals surface area contributed by atoms with Gasteiger partial charge in [-0.3, -0.25) is 4.79 Å². The van der Waals surface area contributed by atoms with Crippen LogP contribution in [0.25, 0.3) is 0 Å². The molecule has 1 aromatic carbocycles. The Morgan fingerprint density at radius 1 is 1.27 bits per heavy atom. The number of fused-ring (bicyclic) bond motifs is 1. The van der Waals surface area contributed by atoms with E-state index in [0.29, 0.717) is 24.6 Å². The van der Waals surface area contributed by atoms with E-state index >= 15 is 0 Å². The third-order valence-electron chi connectivity index (χ3n) is 5.38. The topological polar surface area (TPSA) is 40.5 Å². The van der Waals surface area contributed by atoms with Gasteiger partial charge in [-0.25, -0.2) is 4.39 Å². The van der Waals surface area contributed by atoms with Crippen LogP contribution in [0.5, 0.6) is 5.75 Å². The van der Waals surface area contributed by atoms with Gasteiger partial charge in [0.1, 0.15) is 0 Å². The van der Waals surface area contributed by atoms with E-state index in [1.54, 1.807) is 11.0 Å². The molecule has 120 valence electrons. The van der Waals surface area contributed by atoms with Crippen molar-refractivity contribution in [3.8, 4) is 5.75 Å². The molecule has 1 saturated carbocycles. The number of hydrogen-bond donors (Lipinski definition) is 1. The monoisotopic (exact) mass is 305 g/mol. The van der Waals surface area contributed by atoms with Gasteiger partial charge in [-0.1, -0.05) is 19.9 Å². The van der Waals surface area contributed by atoms with Crippen LogP contribution in [0, 0.1) is 23.6 Å². The fourth-order valence-electron chi connectivity index (χ4n) is 3.90. The number of phenols is 1. The van der Waals surface area contributed by atoms with Crippen molar-refractivity contribution in [3.05, 3.63) is 29.1 Å². The van der Waals surface area contributed by atoms with Crippen molar-refractivity contribution in [1.82, 2.24) is 4.90 Å². The Morgan fingerprint density at radius 3 is 2.59 bits per heavy atom. The minimum Gasteiger partial charge on any atom is -0.505 e. The van der Waals surface area contributed by atoms with Gasteiger partial charge in [0.15, 0.2) is 11.6 Å². The summed E-state index contributed by atoms with van der Waals surface area (Å²) in [5.41, 5.74) is 0.757. The third kappa shape index (κ3) is 2.71. The normalized spacial score (nSPS) is 24.9. The SMILES string of the molecule is CC(C)[C@H]1CC[C@H](CN2Cc3ccc(O)c(F)c3C2=O)CC1. The first-order chi connectivity index (χ1) is 10.5. The number of nitrogens with zero attached hydrogens (tertiary/aromatic N) is 1. The fraction of sp³-hybridized carbons (Fsp3) is 0.611. The van der Waals surface area contributed by atoms with E-state index in [4.69, 9.17) is 0 Å². The Balaban J connectivity index is 1.64. The van der Waals surface area contributed by atoms with Crippen LogP contribution in [0.4, 0.5) is 4.39 Å². The van der Waals surface area contributed by atoms with E-state index in [0.717, 1.165) is 24.7 Å². The number of phenolic OH excluding ortho intramolecular Hbond substituents is 1. The maximum atomic E-state index is 13.9. The Bertz CT molecular complexity index is 577. The van der Waals surface area contributed by atoms with Crippen LogP contribution >= 0.6 is 0 Å². The molecule has 0 radical (unpaired) electrons. The summed E-state index contributed by atoms with van der Waals surface area (Å²) in [6.45, 7) is 5.73. The highest BCUT2D eigenvalue weighted by molar-refractivity contribution is 5.99. The van der Waals surface area contributed by atoms with Crippen LogP contribution < -0.4 is 0 Å². The largest absolute Gasteiger partial charge is 0.505 e. The van der Waals surface area contributed by atoms with E-state index < -0.39 is 11.6 Å². The second-order valence-corrected chi connectivity index (χ2v) is 7.14. The van der Waals surface area contributed by atoms with Crippen LogP contribution in [0.15, 0.2) is 12.1 Å². The Hall–Kier alpha value is -1.58. The Kier molecular flexibility index (Phi) is 4.11. The summed E-state index contributed by atoms with van der Waals surface area (Å²) in [4.78, 5) is 14.1. The molecule has 4 heteroatoms. The molecule has 0 spiro atoms. The standard InChI is InChI=1S/C18H24FNO2/c1-11(2)13-5-3-12(4-6-13)9-20-10-14-7-8-15(21)17(19)16(14)18(20)22/h7-8,11-13,21H,3-6,9-10H2,1-2H3/t12-,13-. The summed E-state index contributed by atoms with van der Waals surface area (Å²) >= 11 is 0.